The second-order valence-corrected chi connectivity index (χ2v) is 3.64. The number of aliphatic imine (C=N–C) groups is 1. The van der Waals surface area contributed by atoms with Gasteiger partial charge in [0.2, 0.25) is 0 Å². The zero-order chi connectivity index (χ0) is 20.8. The molecule has 1 heterocycles. The van der Waals surface area contributed by atoms with Gasteiger partial charge in [0.1, 0.15) is 5.82 Å². The van der Waals surface area contributed by atoms with E-state index in [1.165, 1.54) is 19.2 Å². The van der Waals surface area contributed by atoms with Gasteiger partial charge in [0, 0.05) is 25.9 Å². The number of H-pyrrole nitrogens is 1. The molecule has 0 spiro atoms. The summed E-state index contributed by atoms with van der Waals surface area (Å²) >= 11 is 0. The van der Waals surface area contributed by atoms with Gasteiger partial charge >= 0.3 is 5.69 Å². The largest absolute Gasteiger partial charge is 0.369 e. The lowest BCUT2D eigenvalue weighted by atomic mass is 10.2. The Hall–Kier alpha value is -2.24. The van der Waals surface area contributed by atoms with Gasteiger partial charge in [-0.05, 0) is 19.1 Å². The smallest absolute Gasteiger partial charge is 0.346 e. The number of nitrogens with one attached hydrogen (secondary N) is 1. The molecule has 0 aliphatic heterocycles. The summed E-state index contributed by atoms with van der Waals surface area (Å²) in [6.07, 6.45) is 5.88. The zero-order valence-electron chi connectivity index (χ0n) is 18.0. The maximum absolute atomic E-state index is 11.1. The Balaban J connectivity index is -0.000000241. The Morgan fingerprint density at radius 1 is 1.08 bits per heavy atom. The highest BCUT2D eigenvalue weighted by Crippen LogP contribution is 2.13. The lowest BCUT2D eigenvalue weighted by Gasteiger charge is -2.03. The highest BCUT2D eigenvalue weighted by atomic mass is 16.1. The van der Waals surface area contributed by atoms with Gasteiger partial charge in [-0.25, -0.2) is 14.8 Å². The van der Waals surface area contributed by atoms with Gasteiger partial charge in [0.15, 0.2) is 5.78 Å². The van der Waals surface area contributed by atoms with Crippen LogP contribution in [0, 0.1) is 0 Å². The number of hydrogen-bond donors (Lipinski definition) is 1. The van der Waals surface area contributed by atoms with Gasteiger partial charge in [-0.3, -0.25) is 9.78 Å². The van der Waals surface area contributed by atoms with Crippen LogP contribution in [0.25, 0.3) is 6.08 Å². The third kappa shape index (κ3) is 19.7. The molecule has 1 rings (SSSR count). The fourth-order valence-electron chi connectivity index (χ4n) is 1.00. The molecule has 0 aliphatic rings. The van der Waals surface area contributed by atoms with Gasteiger partial charge in [-0.15, -0.1) is 0 Å². The van der Waals surface area contributed by atoms with Gasteiger partial charge in [0.05, 0.1) is 6.34 Å². The van der Waals surface area contributed by atoms with E-state index in [9.17, 15) is 9.59 Å². The molecule has 1 aromatic rings. The Kier molecular flexibility index (Phi) is 29.4. The van der Waals surface area contributed by atoms with E-state index in [1.807, 2.05) is 69.5 Å². The van der Waals surface area contributed by atoms with Crippen molar-refractivity contribution in [2.45, 2.75) is 62.3 Å². The van der Waals surface area contributed by atoms with Crippen molar-refractivity contribution >= 4 is 24.0 Å². The van der Waals surface area contributed by atoms with Gasteiger partial charge < -0.3 is 4.90 Å². The van der Waals surface area contributed by atoms with Crippen molar-refractivity contribution in [2.75, 3.05) is 14.1 Å². The molecule has 146 valence electrons. The van der Waals surface area contributed by atoms with Crippen molar-refractivity contribution in [2.24, 2.45) is 4.99 Å². The van der Waals surface area contributed by atoms with Crippen LogP contribution in [0.2, 0.25) is 0 Å². The predicted octanol–water partition coefficient (Wildman–Crippen LogP) is 4.70. The molecule has 6 heteroatoms. The minimum Gasteiger partial charge on any atom is -0.369 e. The lowest BCUT2D eigenvalue weighted by Crippen LogP contribution is -2.11. The van der Waals surface area contributed by atoms with Crippen molar-refractivity contribution in [3.63, 3.8) is 0 Å². The number of nitrogens with zero attached hydrogens (tertiary/aromatic N) is 3. The minimum absolute atomic E-state index is 0.0845. The Morgan fingerprint density at radius 3 is 1.96 bits per heavy atom. The van der Waals surface area contributed by atoms with Crippen molar-refractivity contribution in [1.82, 2.24) is 14.9 Å². The number of carbonyl (C=O) groups is 1. The SMILES string of the molecule is CC.CC.CC.CC.CC(=O)/C=C/c1cnc(=O)[nH]c1/N=C/N(C)C. The molecule has 6 nitrogen and oxygen atoms in total. The van der Waals surface area contributed by atoms with Crippen LogP contribution in [0.15, 0.2) is 22.1 Å². The Labute approximate surface area is 154 Å². The monoisotopic (exact) mass is 354 g/mol. The van der Waals surface area contributed by atoms with Gasteiger partial charge in [-0.1, -0.05) is 55.4 Å². The molecule has 0 fully saturated rings. The van der Waals surface area contributed by atoms with Crippen LogP contribution in [-0.4, -0.2) is 41.1 Å². The van der Waals surface area contributed by atoms with E-state index in [2.05, 4.69) is 15.0 Å². The van der Waals surface area contributed by atoms with E-state index in [0.29, 0.717) is 11.4 Å². The summed E-state index contributed by atoms with van der Waals surface area (Å²) in [4.78, 5) is 33.8. The molecule has 0 amide bonds. The summed E-state index contributed by atoms with van der Waals surface area (Å²) in [5.41, 5.74) is 0.105. The number of aromatic amines is 1. The van der Waals surface area contributed by atoms with E-state index in [1.54, 1.807) is 17.3 Å². The second kappa shape index (κ2) is 24.0. The Morgan fingerprint density at radius 2 is 1.56 bits per heavy atom. The van der Waals surface area contributed by atoms with Crippen LogP contribution >= 0.6 is 0 Å². The third-order valence-electron chi connectivity index (χ3n) is 1.74. The standard InChI is InChI=1S/C11H14N4O2.4C2H6/c1-8(16)4-5-9-6-12-11(17)14-10(9)13-7-15(2)3;4*1-2/h4-7H,1-3H3,(H,12,14,17);4*1-2H3/b5-4+,13-7+;;;;. The summed E-state index contributed by atoms with van der Waals surface area (Å²) in [6, 6.07) is 0. The molecular formula is C19H38N4O2. The number of rotatable bonds is 4. The van der Waals surface area contributed by atoms with E-state index < -0.39 is 5.69 Å². The summed E-state index contributed by atoms with van der Waals surface area (Å²) in [5, 5.41) is 0. The van der Waals surface area contributed by atoms with E-state index in [4.69, 9.17) is 0 Å². The van der Waals surface area contributed by atoms with E-state index in [-0.39, 0.29) is 5.78 Å². The maximum Gasteiger partial charge on any atom is 0.346 e. The first-order valence-corrected chi connectivity index (χ1v) is 8.97. The number of carbonyl (C=O) groups excluding carboxylic acids is 1. The molecule has 0 atom stereocenters. The summed E-state index contributed by atoms with van der Waals surface area (Å²) in [6.45, 7) is 17.4. The van der Waals surface area contributed by atoms with Crippen molar-refractivity contribution in [3.05, 3.63) is 28.3 Å². The molecule has 0 aromatic carbocycles. The summed E-state index contributed by atoms with van der Waals surface area (Å²) in [5.74, 6) is 0.287. The first-order valence-electron chi connectivity index (χ1n) is 8.97. The van der Waals surface area contributed by atoms with Gasteiger partial charge in [-0.2, -0.15) is 0 Å². The minimum atomic E-state index is -0.476. The number of allylic oxidation sites excluding steroid dienone is 1. The average Bonchev–Trinajstić information content (AvgIpc) is 2.65. The normalized spacial score (nSPS) is 8.60. The van der Waals surface area contributed by atoms with Crippen molar-refractivity contribution in [3.8, 4) is 0 Å². The van der Waals surface area contributed by atoms with Crippen molar-refractivity contribution < 1.29 is 4.79 Å². The topological polar surface area (TPSA) is 78.4 Å². The molecule has 0 saturated carbocycles. The molecule has 1 aromatic heterocycles. The first kappa shape index (κ1) is 30.6. The lowest BCUT2D eigenvalue weighted by molar-refractivity contribution is -0.112. The summed E-state index contributed by atoms with van der Waals surface area (Å²) in [7, 11) is 3.63. The predicted molar refractivity (Wildman–Crippen MR) is 112 cm³/mol. The van der Waals surface area contributed by atoms with Crippen LogP contribution in [0.5, 0.6) is 0 Å². The third-order valence-corrected chi connectivity index (χ3v) is 1.74. The molecule has 1 N–H and O–H groups in total. The van der Waals surface area contributed by atoms with Crippen LogP contribution in [0.3, 0.4) is 0 Å². The highest BCUT2D eigenvalue weighted by Gasteiger charge is 2.00. The molecule has 25 heavy (non-hydrogen) atoms. The number of aromatic nitrogens is 2. The maximum atomic E-state index is 11.1. The van der Waals surface area contributed by atoms with E-state index >= 15 is 0 Å². The second-order valence-electron chi connectivity index (χ2n) is 3.64. The molecular weight excluding hydrogens is 316 g/mol. The number of ketones is 1. The van der Waals surface area contributed by atoms with Crippen LogP contribution < -0.4 is 5.69 Å². The van der Waals surface area contributed by atoms with Crippen LogP contribution in [0.4, 0.5) is 5.82 Å². The number of hydrogen-bond acceptors (Lipinski definition) is 4. The molecule has 0 unspecified atom stereocenters. The fraction of sp³-hybridized carbons (Fsp3) is 0.579. The average molecular weight is 355 g/mol. The molecule has 0 radical (unpaired) electrons. The highest BCUT2D eigenvalue weighted by molar-refractivity contribution is 5.92. The van der Waals surface area contributed by atoms with Crippen LogP contribution in [0.1, 0.15) is 67.9 Å². The van der Waals surface area contributed by atoms with Crippen LogP contribution in [-0.2, 0) is 4.79 Å². The van der Waals surface area contributed by atoms with Crippen molar-refractivity contribution in [1.29, 1.82) is 0 Å². The zero-order valence-corrected chi connectivity index (χ0v) is 18.0. The quantitative estimate of drug-likeness (QED) is 0.483. The molecule has 0 aliphatic carbocycles. The Bertz CT molecular complexity index is 518. The fourth-order valence-corrected chi connectivity index (χ4v) is 1.00. The molecule has 0 bridgehead atoms. The molecule has 0 saturated heterocycles. The summed E-state index contributed by atoms with van der Waals surface area (Å²) < 4.78 is 0. The van der Waals surface area contributed by atoms with Gasteiger partial charge in [0.25, 0.3) is 0 Å². The first-order chi connectivity index (χ1) is 12.0. The van der Waals surface area contributed by atoms with E-state index in [0.717, 1.165) is 0 Å².